The van der Waals surface area contributed by atoms with Crippen LogP contribution in [0.1, 0.15) is 78.6 Å². The van der Waals surface area contributed by atoms with Gasteiger partial charge in [0.1, 0.15) is 17.5 Å². The van der Waals surface area contributed by atoms with Gasteiger partial charge >= 0.3 is 5.97 Å². The summed E-state index contributed by atoms with van der Waals surface area (Å²) in [4.78, 5) is 26.7. The number of nitrogens with one attached hydrogen (secondary N) is 1. The van der Waals surface area contributed by atoms with Crippen molar-refractivity contribution in [2.24, 2.45) is 41.2 Å². The molecular weight excluding hydrogens is 568 g/mol. The van der Waals surface area contributed by atoms with E-state index in [4.69, 9.17) is 19.9 Å². The maximum atomic E-state index is 13.5. The van der Waals surface area contributed by atoms with Crippen LogP contribution in [0, 0.1) is 35.5 Å². The average Bonchev–Trinajstić information content (AvgIpc) is 3.00. The molecule has 5 aliphatic rings. The van der Waals surface area contributed by atoms with Gasteiger partial charge in [-0.15, -0.1) is 0 Å². The van der Waals surface area contributed by atoms with E-state index in [1.807, 2.05) is 6.92 Å². The first kappa shape index (κ1) is 33.9. The Morgan fingerprint density at radius 3 is 2.59 bits per heavy atom. The van der Waals surface area contributed by atoms with Gasteiger partial charge in [0.25, 0.3) is 0 Å². The fourth-order valence-corrected chi connectivity index (χ4v) is 8.93. The summed E-state index contributed by atoms with van der Waals surface area (Å²) in [5, 5.41) is 46.7. The average molecular weight is 623 g/mol. The van der Waals surface area contributed by atoms with Crippen LogP contribution in [0.15, 0.2) is 11.6 Å². The number of carbonyl (C=O) groups excluding carboxylic acids is 2. The van der Waals surface area contributed by atoms with E-state index in [0.29, 0.717) is 31.4 Å². The molecule has 14 atom stereocenters. The number of esters is 1. The fourth-order valence-electron chi connectivity index (χ4n) is 8.93. The number of aliphatic hydroxyl groups excluding tert-OH is 4. The van der Waals surface area contributed by atoms with Crippen molar-refractivity contribution in [2.45, 2.75) is 127 Å². The molecule has 3 saturated heterocycles. The van der Waals surface area contributed by atoms with Crippen LogP contribution in [0.4, 0.5) is 0 Å². The minimum atomic E-state index is -1.10. The number of hydrogen-bond donors (Lipinski definition) is 6. The highest BCUT2D eigenvalue weighted by Gasteiger charge is 2.64. The van der Waals surface area contributed by atoms with Crippen molar-refractivity contribution in [1.29, 1.82) is 0 Å². The molecule has 0 radical (unpaired) electrons. The zero-order valence-corrected chi connectivity index (χ0v) is 26.5. The summed E-state index contributed by atoms with van der Waals surface area (Å²) in [6, 6.07) is 0. The first-order valence-corrected chi connectivity index (χ1v) is 16.8. The molecule has 2 aliphatic carbocycles. The van der Waals surface area contributed by atoms with Crippen LogP contribution in [0.5, 0.6) is 0 Å². The molecule has 5 fully saturated rings. The Balaban J connectivity index is 1.53. The molecule has 11 heteroatoms. The summed E-state index contributed by atoms with van der Waals surface area (Å²) in [6.45, 7) is 5.59. The number of fused-ring (bicyclic) bond motifs is 2. The Hall–Kier alpha value is -1.44. The molecule has 0 aromatic heterocycles. The van der Waals surface area contributed by atoms with Gasteiger partial charge in [0.2, 0.25) is 0 Å². The highest BCUT2D eigenvalue weighted by atomic mass is 16.6. The van der Waals surface area contributed by atoms with Gasteiger partial charge in [0.15, 0.2) is 0 Å². The zero-order chi connectivity index (χ0) is 31.8. The standard InChI is InChI=1S/C33H54N2O9/c1-4-17(2)32(41)43-25-13-23-29(40)28-24(39)12-22(16-37)42-31(28)27(19-6-5-7-21(38)11-19)30(23)44-33(25,3)20(15-36)10-18-8-9-26(34)35-14-18/h4,18-23,25-31,35-38,40H,5-16,34H2,1-3H3/t18?,19?,20-,21?,22?,23?,25-,26?,27?,28?,29?,30?,31?,33-/m0/s1. The van der Waals surface area contributed by atoms with E-state index in [9.17, 15) is 30.0 Å². The summed E-state index contributed by atoms with van der Waals surface area (Å²) >= 11 is 0. The van der Waals surface area contributed by atoms with E-state index in [2.05, 4.69) is 5.32 Å². The summed E-state index contributed by atoms with van der Waals surface area (Å²) in [5.41, 5.74) is 5.42. The number of Topliss-reactive ketones (excluding diaryl/α,β-unsaturated/α-hetero) is 1. The van der Waals surface area contributed by atoms with Gasteiger partial charge in [-0.3, -0.25) is 4.79 Å². The van der Waals surface area contributed by atoms with E-state index in [1.54, 1.807) is 19.9 Å². The molecular formula is C33H54N2O9. The number of hydrogen-bond acceptors (Lipinski definition) is 11. The lowest BCUT2D eigenvalue weighted by Crippen LogP contribution is -2.70. The third-order valence-corrected chi connectivity index (χ3v) is 11.6. The first-order chi connectivity index (χ1) is 21.0. The molecule has 5 rings (SSSR count). The minimum absolute atomic E-state index is 0.0231. The predicted octanol–water partition coefficient (Wildman–Crippen LogP) is 1.19. The third kappa shape index (κ3) is 6.67. The molecule has 44 heavy (non-hydrogen) atoms. The normalized spacial score (nSPS) is 45.6. The number of piperidine rings is 1. The van der Waals surface area contributed by atoms with Gasteiger partial charge in [-0.25, -0.2) is 4.79 Å². The lowest BCUT2D eigenvalue weighted by Gasteiger charge is -2.60. The van der Waals surface area contributed by atoms with Gasteiger partial charge in [0.05, 0.1) is 49.2 Å². The van der Waals surface area contributed by atoms with Crippen molar-refractivity contribution in [3.8, 4) is 0 Å². The zero-order valence-electron chi connectivity index (χ0n) is 26.5. The van der Waals surface area contributed by atoms with E-state index in [-0.39, 0.29) is 61.7 Å². The van der Waals surface area contributed by atoms with Gasteiger partial charge in [-0.1, -0.05) is 12.5 Å². The SMILES string of the molecule is CC=C(C)C(=O)O[C@H]1CC2C(O)C3C(=O)CC(CO)OC3C(C3CCCC(O)C3)C2O[C@@]1(C)[C@H](CO)CC1CCC(N)NC1. The first-order valence-electron chi connectivity index (χ1n) is 16.8. The van der Waals surface area contributed by atoms with Crippen LogP contribution >= 0.6 is 0 Å². The Morgan fingerprint density at radius 1 is 1.18 bits per heavy atom. The van der Waals surface area contributed by atoms with Gasteiger partial charge in [-0.2, -0.15) is 0 Å². The topological polar surface area (TPSA) is 181 Å². The number of ketones is 1. The van der Waals surface area contributed by atoms with Gasteiger partial charge in [0, 0.05) is 36.4 Å². The molecule has 0 bridgehead atoms. The van der Waals surface area contributed by atoms with E-state index in [0.717, 1.165) is 25.7 Å². The Labute approximate surface area is 260 Å². The van der Waals surface area contributed by atoms with Crippen LogP contribution in [0.3, 0.4) is 0 Å². The third-order valence-electron chi connectivity index (χ3n) is 11.6. The van der Waals surface area contributed by atoms with Crippen LogP contribution in [-0.4, -0.2) is 100 Å². The van der Waals surface area contributed by atoms with Gasteiger partial charge < -0.3 is 45.7 Å². The minimum Gasteiger partial charge on any atom is -0.456 e. The highest BCUT2D eigenvalue weighted by molar-refractivity contribution is 5.87. The molecule has 250 valence electrons. The molecule has 2 saturated carbocycles. The molecule has 0 aromatic carbocycles. The largest absolute Gasteiger partial charge is 0.456 e. The van der Waals surface area contributed by atoms with Crippen molar-refractivity contribution >= 4 is 11.8 Å². The second-order valence-corrected chi connectivity index (χ2v) is 14.4. The van der Waals surface area contributed by atoms with E-state index >= 15 is 0 Å². The molecule has 11 nitrogen and oxygen atoms in total. The van der Waals surface area contributed by atoms with Crippen molar-refractivity contribution < 1.29 is 44.2 Å². The van der Waals surface area contributed by atoms with Crippen LogP contribution in [0.2, 0.25) is 0 Å². The van der Waals surface area contributed by atoms with Crippen molar-refractivity contribution in [1.82, 2.24) is 5.32 Å². The predicted molar refractivity (Wildman–Crippen MR) is 161 cm³/mol. The molecule has 11 unspecified atom stereocenters. The lowest BCUT2D eigenvalue weighted by molar-refractivity contribution is -0.303. The summed E-state index contributed by atoms with van der Waals surface area (Å²) in [5.74, 6) is -2.44. The van der Waals surface area contributed by atoms with Crippen molar-refractivity contribution in [2.75, 3.05) is 19.8 Å². The Kier molecular flexibility index (Phi) is 10.9. The molecule has 3 aliphatic heterocycles. The van der Waals surface area contributed by atoms with Crippen LogP contribution in [0.25, 0.3) is 0 Å². The number of aliphatic hydroxyl groups is 4. The fraction of sp³-hybridized carbons (Fsp3) is 0.879. The van der Waals surface area contributed by atoms with Crippen LogP contribution in [-0.2, 0) is 23.8 Å². The second kappa shape index (κ2) is 14.1. The van der Waals surface area contributed by atoms with E-state index in [1.165, 1.54) is 0 Å². The Morgan fingerprint density at radius 2 is 1.95 bits per heavy atom. The van der Waals surface area contributed by atoms with Gasteiger partial charge in [-0.05, 0) is 84.1 Å². The monoisotopic (exact) mass is 622 g/mol. The smallest absolute Gasteiger partial charge is 0.333 e. The molecule has 3 heterocycles. The van der Waals surface area contributed by atoms with Crippen LogP contribution < -0.4 is 11.1 Å². The molecule has 0 spiro atoms. The quantitative estimate of drug-likeness (QED) is 0.169. The van der Waals surface area contributed by atoms with E-state index < -0.39 is 60.0 Å². The molecule has 0 amide bonds. The second-order valence-electron chi connectivity index (χ2n) is 14.4. The molecule has 7 N–H and O–H groups in total. The lowest BCUT2D eigenvalue weighted by atomic mass is 9.57. The number of allylic oxidation sites excluding steroid dienone is 1. The Bertz CT molecular complexity index is 1050. The van der Waals surface area contributed by atoms with Crippen molar-refractivity contribution in [3.63, 3.8) is 0 Å². The number of nitrogens with two attached hydrogens (primary N) is 1. The molecule has 0 aromatic rings. The maximum absolute atomic E-state index is 13.5. The van der Waals surface area contributed by atoms with Crippen molar-refractivity contribution in [3.05, 3.63) is 11.6 Å². The summed E-state index contributed by atoms with van der Waals surface area (Å²) in [7, 11) is 0. The maximum Gasteiger partial charge on any atom is 0.333 e. The number of ether oxygens (including phenoxy) is 3. The summed E-state index contributed by atoms with van der Waals surface area (Å²) in [6.07, 6.45) is 2.91. The number of carbonyl (C=O) groups is 2. The highest BCUT2D eigenvalue weighted by Crippen LogP contribution is 2.54. The summed E-state index contributed by atoms with van der Waals surface area (Å²) < 4.78 is 19.7. The number of rotatable bonds is 8.